The molecule has 0 unspecified atom stereocenters. The largest absolute Gasteiger partial charge is 0.494 e. The number of benzene rings is 2. The van der Waals surface area contributed by atoms with Crippen molar-refractivity contribution in [2.24, 2.45) is 0 Å². The summed E-state index contributed by atoms with van der Waals surface area (Å²) in [7, 11) is -3.56. The topological polar surface area (TPSA) is 82.3 Å². The number of hydrogen-bond donors (Lipinski definition) is 0. The van der Waals surface area contributed by atoms with Gasteiger partial charge in [-0.2, -0.15) is 4.98 Å². The molecule has 0 saturated carbocycles. The molecule has 3 rings (SSSR count). The summed E-state index contributed by atoms with van der Waals surface area (Å²) < 4.78 is 35.8. The summed E-state index contributed by atoms with van der Waals surface area (Å²) >= 11 is 0. The lowest BCUT2D eigenvalue weighted by atomic mass is 10.2. The summed E-state index contributed by atoms with van der Waals surface area (Å²) in [6.45, 7) is 6.20. The van der Waals surface area contributed by atoms with E-state index in [1.54, 1.807) is 43.3 Å². The molecule has 0 saturated heterocycles. The Hall–Kier alpha value is -2.67. The molecule has 26 heavy (non-hydrogen) atoms. The lowest BCUT2D eigenvalue weighted by Gasteiger charge is -2.06. The summed E-state index contributed by atoms with van der Waals surface area (Å²) in [6, 6.07) is 12.5. The average Bonchev–Trinajstić information content (AvgIpc) is 3.03. The lowest BCUT2D eigenvalue weighted by Crippen LogP contribution is -2.07. The van der Waals surface area contributed by atoms with Gasteiger partial charge in [-0.3, -0.25) is 0 Å². The van der Waals surface area contributed by atoms with Gasteiger partial charge in [0.25, 0.3) is 0 Å². The maximum atomic E-state index is 12.7. The van der Waals surface area contributed by atoms with Gasteiger partial charge in [-0.05, 0) is 56.7 Å². The van der Waals surface area contributed by atoms with E-state index in [1.165, 1.54) is 0 Å². The molecule has 0 N–H and O–H groups in total. The molecule has 1 heterocycles. The molecule has 1 aromatic heterocycles. The van der Waals surface area contributed by atoms with E-state index in [0.717, 1.165) is 16.9 Å². The van der Waals surface area contributed by atoms with Crippen molar-refractivity contribution >= 4 is 9.84 Å². The molecule has 0 spiro atoms. The summed E-state index contributed by atoms with van der Waals surface area (Å²) in [4.78, 5) is 4.50. The molecule has 0 aliphatic heterocycles. The Kier molecular flexibility index (Phi) is 5.08. The Morgan fingerprint density at radius 1 is 1.08 bits per heavy atom. The van der Waals surface area contributed by atoms with Gasteiger partial charge >= 0.3 is 0 Å². The van der Waals surface area contributed by atoms with Crippen molar-refractivity contribution in [3.63, 3.8) is 0 Å². The summed E-state index contributed by atoms with van der Waals surface area (Å²) in [6.07, 6.45) is 0. The van der Waals surface area contributed by atoms with E-state index in [0.29, 0.717) is 18.0 Å². The molecule has 0 radical (unpaired) electrons. The second-order valence-electron chi connectivity index (χ2n) is 6.00. The van der Waals surface area contributed by atoms with E-state index >= 15 is 0 Å². The van der Waals surface area contributed by atoms with Crippen LogP contribution in [0.2, 0.25) is 0 Å². The Balaban J connectivity index is 1.81. The van der Waals surface area contributed by atoms with Crippen LogP contribution in [-0.4, -0.2) is 25.2 Å². The second kappa shape index (κ2) is 7.29. The zero-order valence-corrected chi connectivity index (χ0v) is 15.7. The number of aromatic nitrogens is 2. The number of hydrogen-bond acceptors (Lipinski definition) is 6. The highest BCUT2D eigenvalue weighted by Gasteiger charge is 2.22. The zero-order chi connectivity index (χ0) is 18.7. The lowest BCUT2D eigenvalue weighted by molar-refractivity contribution is 0.340. The SMILES string of the molecule is CCOc1ccc(-c2noc(CS(=O)(=O)c3ccc(C)cc3C)n2)cc1. The molecule has 136 valence electrons. The Morgan fingerprint density at radius 3 is 2.46 bits per heavy atom. The maximum Gasteiger partial charge on any atom is 0.242 e. The first-order valence-electron chi connectivity index (χ1n) is 8.25. The monoisotopic (exact) mass is 372 g/mol. The molecule has 0 aliphatic rings. The van der Waals surface area contributed by atoms with Crippen LogP contribution < -0.4 is 4.74 Å². The predicted molar refractivity (Wildman–Crippen MR) is 97.7 cm³/mol. The van der Waals surface area contributed by atoms with E-state index in [-0.39, 0.29) is 16.5 Å². The third-order valence-corrected chi connectivity index (χ3v) is 5.63. The highest BCUT2D eigenvalue weighted by molar-refractivity contribution is 7.90. The average molecular weight is 372 g/mol. The third-order valence-electron chi connectivity index (χ3n) is 3.87. The van der Waals surface area contributed by atoms with Crippen LogP contribution in [0.25, 0.3) is 11.4 Å². The van der Waals surface area contributed by atoms with E-state index in [2.05, 4.69) is 10.1 Å². The smallest absolute Gasteiger partial charge is 0.242 e. The first-order valence-corrected chi connectivity index (χ1v) is 9.90. The van der Waals surface area contributed by atoms with Crippen LogP contribution in [0.3, 0.4) is 0 Å². The van der Waals surface area contributed by atoms with Crippen molar-refractivity contribution in [2.75, 3.05) is 6.61 Å². The highest BCUT2D eigenvalue weighted by Crippen LogP contribution is 2.23. The summed E-state index contributed by atoms with van der Waals surface area (Å²) in [5, 5.41) is 3.89. The number of ether oxygens (including phenoxy) is 1. The molecule has 0 atom stereocenters. The van der Waals surface area contributed by atoms with Gasteiger partial charge in [0, 0.05) is 5.56 Å². The molecule has 3 aromatic rings. The molecule has 0 amide bonds. The van der Waals surface area contributed by atoms with Crippen LogP contribution in [-0.2, 0) is 15.6 Å². The first kappa shape index (κ1) is 18.1. The minimum absolute atomic E-state index is 0.0638. The van der Waals surface area contributed by atoms with E-state index in [4.69, 9.17) is 9.26 Å². The number of aryl methyl sites for hydroxylation is 2. The van der Waals surface area contributed by atoms with Gasteiger partial charge in [-0.1, -0.05) is 22.9 Å². The van der Waals surface area contributed by atoms with Gasteiger partial charge in [0.1, 0.15) is 11.5 Å². The summed E-state index contributed by atoms with van der Waals surface area (Å²) in [5.74, 6) is 0.825. The Labute approximate surface area is 152 Å². The standard InChI is InChI=1S/C19H20N2O4S/c1-4-24-16-8-6-15(7-9-16)19-20-18(25-21-19)12-26(22,23)17-10-5-13(2)11-14(17)3/h5-11H,4,12H2,1-3H3. The first-order chi connectivity index (χ1) is 12.4. The molecule has 0 fully saturated rings. The summed E-state index contributed by atoms with van der Waals surface area (Å²) in [5.41, 5.74) is 2.45. The molecular weight excluding hydrogens is 352 g/mol. The van der Waals surface area contributed by atoms with Gasteiger partial charge in [-0.15, -0.1) is 0 Å². The number of sulfone groups is 1. The number of nitrogens with zero attached hydrogens (tertiary/aromatic N) is 2. The van der Waals surface area contributed by atoms with Crippen LogP contribution in [0.15, 0.2) is 51.9 Å². The maximum absolute atomic E-state index is 12.7. The van der Waals surface area contributed by atoms with Crippen molar-refractivity contribution in [3.8, 4) is 17.1 Å². The normalized spacial score (nSPS) is 11.5. The quantitative estimate of drug-likeness (QED) is 0.656. The van der Waals surface area contributed by atoms with E-state index in [1.807, 2.05) is 19.9 Å². The van der Waals surface area contributed by atoms with Crippen molar-refractivity contribution in [2.45, 2.75) is 31.4 Å². The van der Waals surface area contributed by atoms with Gasteiger partial charge in [-0.25, -0.2) is 8.42 Å². The molecule has 6 nitrogen and oxygen atoms in total. The van der Waals surface area contributed by atoms with Gasteiger partial charge < -0.3 is 9.26 Å². The van der Waals surface area contributed by atoms with Crippen molar-refractivity contribution in [1.29, 1.82) is 0 Å². The predicted octanol–water partition coefficient (Wildman–Crippen LogP) is 3.73. The molecule has 0 aliphatic carbocycles. The van der Waals surface area contributed by atoms with Crippen LogP contribution in [0.5, 0.6) is 5.75 Å². The molecular formula is C19H20N2O4S. The molecule has 0 bridgehead atoms. The molecule has 7 heteroatoms. The fourth-order valence-electron chi connectivity index (χ4n) is 2.69. The van der Waals surface area contributed by atoms with Crippen molar-refractivity contribution < 1.29 is 17.7 Å². The highest BCUT2D eigenvalue weighted by atomic mass is 32.2. The van der Waals surface area contributed by atoms with Gasteiger partial charge in [0.15, 0.2) is 9.84 Å². The minimum Gasteiger partial charge on any atom is -0.494 e. The van der Waals surface area contributed by atoms with E-state index in [9.17, 15) is 8.42 Å². The minimum atomic E-state index is -3.56. The third kappa shape index (κ3) is 3.94. The van der Waals surface area contributed by atoms with Gasteiger partial charge in [0.05, 0.1) is 11.5 Å². The van der Waals surface area contributed by atoms with Gasteiger partial charge in [0.2, 0.25) is 11.7 Å². The fraction of sp³-hybridized carbons (Fsp3) is 0.263. The second-order valence-corrected chi connectivity index (χ2v) is 7.96. The Bertz CT molecular complexity index is 1010. The van der Waals surface area contributed by atoms with Crippen molar-refractivity contribution in [1.82, 2.24) is 10.1 Å². The van der Waals surface area contributed by atoms with Crippen LogP contribution in [0.4, 0.5) is 0 Å². The van der Waals surface area contributed by atoms with Crippen LogP contribution in [0.1, 0.15) is 23.9 Å². The van der Waals surface area contributed by atoms with E-state index < -0.39 is 9.84 Å². The van der Waals surface area contributed by atoms with Crippen molar-refractivity contribution in [3.05, 3.63) is 59.5 Å². The van der Waals surface area contributed by atoms with Crippen LogP contribution in [0, 0.1) is 13.8 Å². The number of rotatable bonds is 6. The zero-order valence-electron chi connectivity index (χ0n) is 14.9. The Morgan fingerprint density at radius 2 is 1.81 bits per heavy atom. The fourth-order valence-corrected chi connectivity index (χ4v) is 4.11. The van der Waals surface area contributed by atoms with Crippen LogP contribution >= 0.6 is 0 Å². The molecule has 2 aromatic carbocycles.